The molecule has 15 heteroatoms. The molecule has 1 aromatic carbocycles. The summed E-state index contributed by atoms with van der Waals surface area (Å²) in [5.74, 6) is -2.88. The first-order valence-electron chi connectivity index (χ1n) is 12.1. The minimum Gasteiger partial charge on any atom is -0.480 e. The van der Waals surface area contributed by atoms with Gasteiger partial charge >= 0.3 is 18.2 Å². The highest BCUT2D eigenvalue weighted by atomic mass is 32.2. The Morgan fingerprint density at radius 3 is 2.56 bits per heavy atom. The maximum absolute atomic E-state index is 13.4. The van der Waals surface area contributed by atoms with E-state index in [4.69, 9.17) is 9.84 Å². The molecule has 216 valence electrons. The predicted molar refractivity (Wildman–Crippen MR) is 135 cm³/mol. The Bertz CT molecular complexity index is 1260. The first kappa shape index (κ1) is 30.8. The fourth-order valence-electron chi connectivity index (χ4n) is 4.26. The Morgan fingerprint density at radius 1 is 1.23 bits per heavy atom. The molecule has 1 aliphatic carbocycles. The zero-order valence-electron chi connectivity index (χ0n) is 21.0. The lowest BCUT2D eigenvalue weighted by Gasteiger charge is -2.31. The normalized spacial score (nSPS) is 18.1. The third-order valence-electron chi connectivity index (χ3n) is 6.36. The highest BCUT2D eigenvalue weighted by molar-refractivity contribution is 7.94. The monoisotopic (exact) mass is 595 g/mol. The Morgan fingerprint density at radius 2 is 1.92 bits per heavy atom. The fraction of sp³-hybridized carbons (Fsp3) is 0.542. The molecule has 2 amide bonds. The van der Waals surface area contributed by atoms with Gasteiger partial charge in [-0.2, -0.15) is 13.2 Å². The fourth-order valence-corrected chi connectivity index (χ4v) is 6.40. The van der Waals surface area contributed by atoms with Gasteiger partial charge in [-0.05, 0) is 42.4 Å². The van der Waals surface area contributed by atoms with E-state index in [1.165, 1.54) is 4.90 Å². The van der Waals surface area contributed by atoms with Crippen molar-refractivity contribution >= 4 is 38.3 Å². The SMILES string of the molecule is CC1CCC(CN(CCOCc2ccc(F)cc2C(F)(F)F)C(=O)Nc2ncc(S(=O)(=O)CC(=O)O)s2)CC1. The molecule has 3 rings (SSSR count). The van der Waals surface area contributed by atoms with Gasteiger partial charge in [0.1, 0.15) is 10.0 Å². The second-order valence-corrected chi connectivity index (χ2v) is 12.7. The predicted octanol–water partition coefficient (Wildman–Crippen LogP) is 5.04. The van der Waals surface area contributed by atoms with Crippen LogP contribution >= 0.6 is 11.3 Å². The Labute approximate surface area is 227 Å². The van der Waals surface area contributed by atoms with E-state index < -0.39 is 51.8 Å². The highest BCUT2D eigenvalue weighted by Gasteiger charge is 2.34. The van der Waals surface area contributed by atoms with Gasteiger partial charge in [0.15, 0.2) is 20.7 Å². The van der Waals surface area contributed by atoms with Crippen molar-refractivity contribution in [1.82, 2.24) is 9.88 Å². The smallest absolute Gasteiger partial charge is 0.416 e. The maximum Gasteiger partial charge on any atom is 0.416 e. The maximum atomic E-state index is 13.4. The number of hydrogen-bond acceptors (Lipinski definition) is 7. The third-order valence-corrected chi connectivity index (χ3v) is 9.42. The number of ether oxygens (including phenoxy) is 1. The number of halogens is 4. The van der Waals surface area contributed by atoms with Crippen LogP contribution in [0, 0.1) is 17.7 Å². The largest absolute Gasteiger partial charge is 0.480 e. The number of urea groups is 1. The molecule has 0 radical (unpaired) electrons. The zero-order valence-corrected chi connectivity index (χ0v) is 22.7. The number of anilines is 1. The Kier molecular flexibility index (Phi) is 10.3. The van der Waals surface area contributed by atoms with E-state index in [1.807, 2.05) is 0 Å². The van der Waals surface area contributed by atoms with Crippen LogP contribution in [0.4, 0.5) is 27.5 Å². The van der Waals surface area contributed by atoms with Gasteiger partial charge in [-0.25, -0.2) is 22.6 Å². The summed E-state index contributed by atoms with van der Waals surface area (Å²) < 4.78 is 82.5. The van der Waals surface area contributed by atoms with Crippen molar-refractivity contribution in [2.75, 3.05) is 30.8 Å². The number of carbonyl (C=O) groups excluding carboxylic acids is 1. The van der Waals surface area contributed by atoms with Crippen LogP contribution < -0.4 is 5.32 Å². The average Bonchev–Trinajstić information content (AvgIpc) is 3.31. The molecule has 1 aliphatic rings. The molecule has 0 bridgehead atoms. The number of thiazole rings is 1. The van der Waals surface area contributed by atoms with E-state index in [9.17, 15) is 35.6 Å². The van der Waals surface area contributed by atoms with Crippen LogP contribution in [-0.2, 0) is 32.2 Å². The lowest BCUT2D eigenvalue weighted by molar-refractivity contribution is -0.139. The number of nitrogens with one attached hydrogen (secondary N) is 1. The number of carboxylic acids is 1. The van der Waals surface area contributed by atoms with Crippen molar-refractivity contribution in [3.63, 3.8) is 0 Å². The van der Waals surface area contributed by atoms with Crippen LogP contribution in [0.2, 0.25) is 0 Å². The Balaban J connectivity index is 1.66. The lowest BCUT2D eigenvalue weighted by Crippen LogP contribution is -2.41. The van der Waals surface area contributed by atoms with E-state index in [-0.39, 0.29) is 34.0 Å². The number of alkyl halides is 3. The molecule has 0 aliphatic heterocycles. The zero-order chi connectivity index (χ0) is 28.8. The van der Waals surface area contributed by atoms with Gasteiger partial charge in [0.25, 0.3) is 0 Å². The third kappa shape index (κ3) is 9.14. The van der Waals surface area contributed by atoms with Crippen LogP contribution in [0.3, 0.4) is 0 Å². The number of hydrogen-bond donors (Lipinski definition) is 2. The topological polar surface area (TPSA) is 126 Å². The molecule has 0 atom stereocenters. The highest BCUT2D eigenvalue weighted by Crippen LogP contribution is 2.33. The molecule has 1 fully saturated rings. The second-order valence-electron chi connectivity index (χ2n) is 9.49. The van der Waals surface area contributed by atoms with Gasteiger partial charge in [-0.1, -0.05) is 37.2 Å². The Hall–Kier alpha value is -2.78. The number of amides is 2. The van der Waals surface area contributed by atoms with Crippen molar-refractivity contribution in [2.45, 2.75) is 49.6 Å². The van der Waals surface area contributed by atoms with Crippen molar-refractivity contribution in [2.24, 2.45) is 11.8 Å². The van der Waals surface area contributed by atoms with Gasteiger partial charge in [0.05, 0.1) is 25.0 Å². The first-order chi connectivity index (χ1) is 18.2. The van der Waals surface area contributed by atoms with Gasteiger partial charge in [-0.15, -0.1) is 0 Å². The minimum atomic E-state index is -4.75. The molecule has 39 heavy (non-hydrogen) atoms. The summed E-state index contributed by atoms with van der Waals surface area (Å²) in [6, 6.07) is 1.72. The van der Waals surface area contributed by atoms with Crippen molar-refractivity contribution in [3.8, 4) is 0 Å². The van der Waals surface area contributed by atoms with Gasteiger partial charge in [0, 0.05) is 13.1 Å². The summed E-state index contributed by atoms with van der Waals surface area (Å²) in [7, 11) is -4.12. The summed E-state index contributed by atoms with van der Waals surface area (Å²) in [6.45, 7) is 1.97. The number of benzene rings is 1. The molecule has 1 aromatic heterocycles. The average molecular weight is 596 g/mol. The summed E-state index contributed by atoms with van der Waals surface area (Å²) in [5.41, 5.74) is -1.37. The van der Waals surface area contributed by atoms with E-state index in [1.54, 1.807) is 0 Å². The molecule has 1 heterocycles. The van der Waals surface area contributed by atoms with Crippen LogP contribution in [0.5, 0.6) is 0 Å². The molecule has 9 nitrogen and oxygen atoms in total. The summed E-state index contributed by atoms with van der Waals surface area (Å²) in [5, 5.41) is 11.3. The molecule has 2 aromatic rings. The second kappa shape index (κ2) is 13.0. The molecular weight excluding hydrogens is 566 g/mol. The van der Waals surface area contributed by atoms with Crippen LogP contribution in [0.1, 0.15) is 43.7 Å². The van der Waals surface area contributed by atoms with Gasteiger partial charge < -0.3 is 14.7 Å². The van der Waals surface area contributed by atoms with Crippen LogP contribution in [0.25, 0.3) is 0 Å². The lowest BCUT2D eigenvalue weighted by atomic mass is 9.83. The number of carboxylic acid groups (broad SMARTS) is 1. The van der Waals surface area contributed by atoms with Crippen molar-refractivity contribution in [1.29, 1.82) is 0 Å². The van der Waals surface area contributed by atoms with Crippen LogP contribution in [0.15, 0.2) is 28.6 Å². The van der Waals surface area contributed by atoms with Gasteiger partial charge in [0.2, 0.25) is 0 Å². The number of nitrogens with zero attached hydrogens (tertiary/aromatic N) is 2. The van der Waals surface area contributed by atoms with E-state index in [0.29, 0.717) is 29.9 Å². The molecular formula is C24H29F4N3O6S2. The number of aromatic nitrogens is 1. The van der Waals surface area contributed by atoms with E-state index >= 15 is 0 Å². The first-order valence-corrected chi connectivity index (χ1v) is 14.6. The van der Waals surface area contributed by atoms with Gasteiger partial charge in [-0.3, -0.25) is 10.1 Å². The molecule has 0 unspecified atom stereocenters. The molecule has 0 saturated heterocycles. The summed E-state index contributed by atoms with van der Waals surface area (Å²) >= 11 is 0.615. The van der Waals surface area contributed by atoms with E-state index in [2.05, 4.69) is 17.2 Å². The summed E-state index contributed by atoms with van der Waals surface area (Å²) in [4.78, 5) is 29.2. The quantitative estimate of drug-likeness (QED) is 0.276. The standard InChI is InChI=1S/C24H29F4N3O6S2/c1-15-2-4-16(5-3-15)12-31(8-9-37-13-17-6-7-18(25)10-19(17)24(26,27)28)23(34)30-22-29-11-21(38-22)39(35,36)14-20(32)33/h6-7,10-11,15-16H,2-5,8-9,12-14H2,1H3,(H,32,33)(H,29,30,34). The van der Waals surface area contributed by atoms with Crippen molar-refractivity contribution in [3.05, 3.63) is 41.3 Å². The number of carbonyl (C=O) groups is 2. The molecule has 1 saturated carbocycles. The minimum absolute atomic E-state index is 0.0238. The number of rotatable bonds is 11. The summed E-state index contributed by atoms with van der Waals surface area (Å²) in [6.07, 6.45) is -0.00150. The number of aliphatic carboxylic acids is 1. The molecule has 2 N–H and O–H groups in total. The van der Waals surface area contributed by atoms with Crippen LogP contribution in [-0.4, -0.2) is 60.9 Å². The number of sulfone groups is 1. The van der Waals surface area contributed by atoms with Crippen molar-refractivity contribution < 1.29 is 45.4 Å². The van der Waals surface area contributed by atoms with E-state index in [0.717, 1.165) is 44.0 Å². The molecule has 0 spiro atoms.